The van der Waals surface area contributed by atoms with Crippen LogP contribution in [0.2, 0.25) is 0 Å². The van der Waals surface area contributed by atoms with E-state index in [4.69, 9.17) is 14.4 Å². The molecule has 0 fully saturated rings. The molecule has 0 amide bonds. The fourth-order valence-electron chi connectivity index (χ4n) is 7.93. The molecule has 4 nitrogen and oxygen atoms in total. The normalized spacial score (nSPS) is 14.5. The summed E-state index contributed by atoms with van der Waals surface area (Å²) < 4.78 is 9.34. The molecule has 0 spiro atoms. The highest BCUT2D eigenvalue weighted by Gasteiger charge is 2.26. The summed E-state index contributed by atoms with van der Waals surface area (Å²) in [5.74, 6) is 1.47. The monoisotopic (exact) mass is 709 g/mol. The van der Waals surface area contributed by atoms with Crippen LogP contribution in [-0.2, 0) is 0 Å². The molecule has 0 saturated carbocycles. The van der Waals surface area contributed by atoms with E-state index in [9.17, 15) is 0 Å². The van der Waals surface area contributed by atoms with Gasteiger partial charge in [-0.3, -0.25) is 0 Å². The van der Waals surface area contributed by atoms with Crippen molar-refractivity contribution >= 4 is 75.9 Å². The van der Waals surface area contributed by atoms with Crippen molar-refractivity contribution in [2.75, 3.05) is 0 Å². The number of furan rings is 1. The Kier molecular flexibility index (Phi) is 7.07. The van der Waals surface area contributed by atoms with Gasteiger partial charge < -0.3 is 9.73 Å². The van der Waals surface area contributed by atoms with Crippen LogP contribution in [0, 0.1) is 0 Å². The standard InChI is InChI=1S/C49H31N3OS/c1-3-12-30(13-4-1)32-22-23-34-29-35(25-24-33(34)28-32)48-50-47(31-14-5-2-6-15-31)51-49(52-48)41-27-26-37(45-44(41)40-17-7-9-20-42(40)53-45)39-19-11-18-38-36-16-8-10-21-43(36)54-46(38)39/h1-29,49H,(H,50,51,52). The lowest BCUT2D eigenvalue weighted by atomic mass is 9.95. The molecule has 54 heavy (non-hydrogen) atoms. The van der Waals surface area contributed by atoms with Crippen molar-refractivity contribution in [2.45, 2.75) is 6.17 Å². The molecule has 0 aliphatic carbocycles. The number of hydrogen-bond acceptors (Lipinski definition) is 5. The van der Waals surface area contributed by atoms with Gasteiger partial charge in [-0.05, 0) is 46.2 Å². The smallest absolute Gasteiger partial charge is 0.159 e. The van der Waals surface area contributed by atoms with Gasteiger partial charge in [-0.25, -0.2) is 9.98 Å². The van der Waals surface area contributed by atoms with Crippen molar-refractivity contribution in [2.24, 2.45) is 9.98 Å². The zero-order chi connectivity index (χ0) is 35.6. The molecule has 0 radical (unpaired) electrons. The van der Waals surface area contributed by atoms with Crippen LogP contribution < -0.4 is 5.32 Å². The van der Waals surface area contributed by atoms with Crippen LogP contribution >= 0.6 is 11.3 Å². The molecule has 11 rings (SSSR count). The second-order valence-corrected chi connectivity index (χ2v) is 14.8. The van der Waals surface area contributed by atoms with Crippen molar-refractivity contribution in [3.63, 3.8) is 0 Å². The van der Waals surface area contributed by atoms with E-state index in [-0.39, 0.29) is 0 Å². The minimum absolute atomic E-state index is 0.415. The van der Waals surface area contributed by atoms with E-state index in [0.717, 1.165) is 55.4 Å². The molecule has 1 aliphatic rings. The number of aliphatic imine (C=N–C) groups is 2. The van der Waals surface area contributed by atoms with Crippen molar-refractivity contribution in [3.05, 3.63) is 193 Å². The molecule has 1 unspecified atom stereocenters. The fourth-order valence-corrected chi connectivity index (χ4v) is 9.16. The van der Waals surface area contributed by atoms with Crippen LogP contribution in [0.15, 0.2) is 190 Å². The lowest BCUT2D eigenvalue weighted by Gasteiger charge is -2.24. The summed E-state index contributed by atoms with van der Waals surface area (Å²) in [6, 6.07) is 62.0. The van der Waals surface area contributed by atoms with E-state index in [1.165, 1.54) is 42.2 Å². The number of hydrogen-bond donors (Lipinski definition) is 1. The Morgan fingerprint density at radius 1 is 0.519 bits per heavy atom. The largest absolute Gasteiger partial charge is 0.455 e. The van der Waals surface area contributed by atoms with E-state index >= 15 is 0 Å². The number of benzene rings is 8. The fraction of sp³-hybridized carbons (Fsp3) is 0.0204. The Morgan fingerprint density at radius 3 is 2.04 bits per heavy atom. The average molecular weight is 710 g/mol. The average Bonchev–Trinajstić information content (AvgIpc) is 3.83. The summed E-state index contributed by atoms with van der Waals surface area (Å²) in [5.41, 5.74) is 9.37. The van der Waals surface area contributed by atoms with Crippen LogP contribution in [0.4, 0.5) is 0 Å². The summed E-state index contributed by atoms with van der Waals surface area (Å²) in [7, 11) is 0. The van der Waals surface area contributed by atoms with Gasteiger partial charge in [0.2, 0.25) is 0 Å². The van der Waals surface area contributed by atoms with Gasteiger partial charge in [0.15, 0.2) is 5.84 Å². The number of nitrogens with one attached hydrogen (secondary N) is 1. The van der Waals surface area contributed by atoms with E-state index in [2.05, 4.69) is 157 Å². The van der Waals surface area contributed by atoms with Crippen LogP contribution in [-0.4, -0.2) is 11.7 Å². The Balaban J connectivity index is 1.09. The second kappa shape index (κ2) is 12.4. The topological polar surface area (TPSA) is 49.9 Å². The number of para-hydroxylation sites is 1. The first kappa shape index (κ1) is 30.8. The third-order valence-electron chi connectivity index (χ3n) is 10.5. The summed E-state index contributed by atoms with van der Waals surface area (Å²) >= 11 is 1.84. The summed E-state index contributed by atoms with van der Waals surface area (Å²) in [6.07, 6.45) is -0.415. The molecule has 254 valence electrons. The van der Waals surface area contributed by atoms with Gasteiger partial charge in [0.1, 0.15) is 23.2 Å². The van der Waals surface area contributed by atoms with E-state index in [1.54, 1.807) is 0 Å². The minimum atomic E-state index is -0.415. The maximum Gasteiger partial charge on any atom is 0.159 e. The summed E-state index contributed by atoms with van der Waals surface area (Å²) in [6.45, 7) is 0. The highest BCUT2D eigenvalue weighted by Crippen LogP contribution is 2.45. The first-order valence-corrected chi connectivity index (χ1v) is 19.0. The first-order chi connectivity index (χ1) is 26.7. The van der Waals surface area contributed by atoms with Gasteiger partial charge in [0, 0.05) is 58.8 Å². The lowest BCUT2D eigenvalue weighted by molar-refractivity contribution is 0.663. The number of nitrogens with zero attached hydrogens (tertiary/aromatic N) is 2. The van der Waals surface area contributed by atoms with Crippen molar-refractivity contribution < 1.29 is 4.42 Å². The molecule has 1 aliphatic heterocycles. The SMILES string of the molecule is c1ccc(C2=NC(c3ccc4cc(-c5ccccc5)ccc4c3)=NC(c3ccc(-c4cccc5c4sc4ccccc45)c4oc5ccccc5c34)N2)cc1. The van der Waals surface area contributed by atoms with Crippen LogP contribution in [0.1, 0.15) is 22.9 Å². The van der Waals surface area contributed by atoms with Gasteiger partial charge in [-0.2, -0.15) is 0 Å². The number of fused-ring (bicyclic) bond motifs is 7. The molecule has 10 aromatic rings. The first-order valence-electron chi connectivity index (χ1n) is 18.2. The second-order valence-electron chi connectivity index (χ2n) is 13.8. The maximum atomic E-state index is 6.80. The lowest BCUT2D eigenvalue weighted by Crippen LogP contribution is -2.33. The van der Waals surface area contributed by atoms with Gasteiger partial charge >= 0.3 is 0 Å². The number of amidine groups is 2. The van der Waals surface area contributed by atoms with Crippen LogP contribution in [0.25, 0.3) is 75.1 Å². The zero-order valence-corrected chi connectivity index (χ0v) is 29.8. The van der Waals surface area contributed by atoms with Gasteiger partial charge in [-0.15, -0.1) is 11.3 Å². The molecule has 1 N–H and O–H groups in total. The van der Waals surface area contributed by atoms with Gasteiger partial charge in [-0.1, -0.05) is 152 Å². The van der Waals surface area contributed by atoms with Crippen molar-refractivity contribution in [1.82, 2.24) is 5.32 Å². The van der Waals surface area contributed by atoms with E-state index in [1.807, 2.05) is 35.6 Å². The molecule has 5 heteroatoms. The molecule has 2 aromatic heterocycles. The van der Waals surface area contributed by atoms with Crippen LogP contribution in [0.5, 0.6) is 0 Å². The third kappa shape index (κ3) is 5.05. The maximum absolute atomic E-state index is 6.80. The molecule has 3 heterocycles. The summed E-state index contributed by atoms with van der Waals surface area (Å²) in [5, 5.41) is 10.7. The third-order valence-corrected chi connectivity index (χ3v) is 11.8. The van der Waals surface area contributed by atoms with Gasteiger partial charge in [0.05, 0.1) is 0 Å². The molecule has 1 atom stereocenters. The Morgan fingerprint density at radius 2 is 1.20 bits per heavy atom. The number of thiophene rings is 1. The highest BCUT2D eigenvalue weighted by molar-refractivity contribution is 7.26. The minimum Gasteiger partial charge on any atom is -0.455 e. The predicted molar refractivity (Wildman–Crippen MR) is 227 cm³/mol. The molecule has 0 bridgehead atoms. The van der Waals surface area contributed by atoms with E-state index < -0.39 is 6.17 Å². The zero-order valence-electron chi connectivity index (χ0n) is 29.0. The van der Waals surface area contributed by atoms with Gasteiger partial charge in [0.25, 0.3) is 0 Å². The Labute approximate surface area is 315 Å². The van der Waals surface area contributed by atoms with Crippen molar-refractivity contribution in [3.8, 4) is 22.3 Å². The predicted octanol–water partition coefficient (Wildman–Crippen LogP) is 12.9. The summed E-state index contributed by atoms with van der Waals surface area (Å²) in [4.78, 5) is 10.5. The Hall–Kier alpha value is -6.82. The number of rotatable bonds is 5. The highest BCUT2D eigenvalue weighted by atomic mass is 32.1. The Bertz CT molecular complexity index is 3140. The molecular weight excluding hydrogens is 679 g/mol. The quantitative estimate of drug-likeness (QED) is 0.193. The van der Waals surface area contributed by atoms with Crippen LogP contribution in [0.3, 0.4) is 0 Å². The molecular formula is C49H31N3OS. The van der Waals surface area contributed by atoms with E-state index in [0.29, 0.717) is 5.84 Å². The van der Waals surface area contributed by atoms with Crippen molar-refractivity contribution in [1.29, 1.82) is 0 Å². The molecule has 8 aromatic carbocycles. The molecule has 0 saturated heterocycles.